The maximum atomic E-state index is 8.19. The largest absolute Gasteiger partial charge is 0.377 e. The lowest BCUT2D eigenvalue weighted by Gasteiger charge is -1.94. The third kappa shape index (κ3) is 3.70. The van der Waals surface area contributed by atoms with Crippen molar-refractivity contribution in [2.24, 2.45) is 4.99 Å². The summed E-state index contributed by atoms with van der Waals surface area (Å²) in [7, 11) is 0. The van der Waals surface area contributed by atoms with E-state index in [9.17, 15) is 0 Å². The normalized spacial score (nSPS) is 9.75. The molecule has 0 saturated carbocycles. The van der Waals surface area contributed by atoms with Crippen LogP contribution >= 0.6 is 12.2 Å². The standard InChI is InChI=1S/C4H8N2OS/c1-2-5-4(8)6-3-7/h2,7H,3H2,1H3,(H,6,8). The molecule has 46 valence electrons. The Kier molecular flexibility index (Phi) is 4.39. The third-order valence-electron chi connectivity index (χ3n) is 0.477. The lowest BCUT2D eigenvalue weighted by atomic mass is 10.8. The molecule has 0 aliphatic carbocycles. The van der Waals surface area contributed by atoms with Crippen molar-refractivity contribution in [2.75, 3.05) is 6.73 Å². The Hall–Kier alpha value is -0.480. The van der Waals surface area contributed by atoms with Crippen LogP contribution in [-0.4, -0.2) is 23.2 Å². The molecule has 3 nitrogen and oxygen atoms in total. The van der Waals surface area contributed by atoms with Gasteiger partial charge in [0.25, 0.3) is 0 Å². The van der Waals surface area contributed by atoms with Gasteiger partial charge < -0.3 is 10.4 Å². The summed E-state index contributed by atoms with van der Waals surface area (Å²) in [6.07, 6.45) is 1.56. The van der Waals surface area contributed by atoms with Crippen LogP contribution in [0.2, 0.25) is 0 Å². The number of nitrogens with one attached hydrogen (secondary N) is 1. The molecule has 0 rings (SSSR count). The number of rotatable bonds is 1. The van der Waals surface area contributed by atoms with Crippen LogP contribution in [0.4, 0.5) is 0 Å². The molecule has 4 heteroatoms. The number of aliphatic imine (C=N–C) groups is 1. The minimum atomic E-state index is -0.157. The summed E-state index contributed by atoms with van der Waals surface area (Å²) < 4.78 is 0. The summed E-state index contributed by atoms with van der Waals surface area (Å²) >= 11 is 4.58. The zero-order valence-corrected chi connectivity index (χ0v) is 5.40. The molecule has 0 amide bonds. The number of nitrogens with zero attached hydrogens (tertiary/aromatic N) is 1. The van der Waals surface area contributed by atoms with E-state index >= 15 is 0 Å². The van der Waals surface area contributed by atoms with Crippen LogP contribution in [0.25, 0.3) is 0 Å². The maximum absolute atomic E-state index is 8.19. The van der Waals surface area contributed by atoms with Crippen LogP contribution in [-0.2, 0) is 0 Å². The van der Waals surface area contributed by atoms with Crippen molar-refractivity contribution in [2.45, 2.75) is 6.92 Å². The van der Waals surface area contributed by atoms with Gasteiger partial charge in [-0.3, -0.25) is 0 Å². The van der Waals surface area contributed by atoms with Gasteiger partial charge in [0.1, 0.15) is 6.73 Å². The predicted molar refractivity (Wildman–Crippen MR) is 37.0 cm³/mol. The maximum Gasteiger partial charge on any atom is 0.194 e. The Balaban J connectivity index is 3.33. The molecular formula is C4H8N2OS. The number of hydrogen-bond donors (Lipinski definition) is 2. The fourth-order valence-corrected chi connectivity index (χ4v) is 0.400. The highest BCUT2D eigenvalue weighted by molar-refractivity contribution is 7.80. The van der Waals surface area contributed by atoms with Crippen molar-refractivity contribution < 1.29 is 5.11 Å². The van der Waals surface area contributed by atoms with Gasteiger partial charge >= 0.3 is 0 Å². The molecule has 0 aromatic rings. The lowest BCUT2D eigenvalue weighted by Crippen LogP contribution is -2.19. The van der Waals surface area contributed by atoms with Crippen LogP contribution < -0.4 is 5.32 Å². The summed E-state index contributed by atoms with van der Waals surface area (Å²) in [4.78, 5) is 3.65. The number of aliphatic hydroxyl groups excluding tert-OH is 1. The van der Waals surface area contributed by atoms with E-state index in [0.29, 0.717) is 5.11 Å². The monoisotopic (exact) mass is 132 g/mol. The second-order valence-corrected chi connectivity index (χ2v) is 1.41. The highest BCUT2D eigenvalue weighted by Crippen LogP contribution is 1.69. The number of hydrogen-bond acceptors (Lipinski definition) is 2. The van der Waals surface area contributed by atoms with E-state index in [2.05, 4.69) is 22.5 Å². The molecule has 0 aliphatic heterocycles. The summed E-state index contributed by atoms with van der Waals surface area (Å²) in [6, 6.07) is 0. The molecule has 8 heavy (non-hydrogen) atoms. The Morgan fingerprint density at radius 1 is 2.00 bits per heavy atom. The predicted octanol–water partition coefficient (Wildman–Crippen LogP) is -0.0986. The molecule has 0 aromatic carbocycles. The topological polar surface area (TPSA) is 44.6 Å². The van der Waals surface area contributed by atoms with Crippen molar-refractivity contribution in [1.82, 2.24) is 5.32 Å². The van der Waals surface area contributed by atoms with Gasteiger partial charge in [0.15, 0.2) is 5.11 Å². The summed E-state index contributed by atoms with van der Waals surface area (Å²) in [5.41, 5.74) is 0. The van der Waals surface area contributed by atoms with Crippen molar-refractivity contribution in [3.8, 4) is 0 Å². The highest BCUT2D eigenvalue weighted by Gasteiger charge is 1.82. The summed E-state index contributed by atoms with van der Waals surface area (Å²) in [6.45, 7) is 1.60. The molecule has 2 N–H and O–H groups in total. The first-order valence-electron chi connectivity index (χ1n) is 2.18. The quantitative estimate of drug-likeness (QED) is 0.297. The fourth-order valence-electron chi connectivity index (χ4n) is 0.231. The summed E-state index contributed by atoms with van der Waals surface area (Å²) in [5.74, 6) is 0. The smallest absolute Gasteiger partial charge is 0.194 e. The van der Waals surface area contributed by atoms with Crippen molar-refractivity contribution in [3.63, 3.8) is 0 Å². The van der Waals surface area contributed by atoms with E-state index in [1.807, 2.05) is 0 Å². The van der Waals surface area contributed by atoms with E-state index < -0.39 is 0 Å². The molecule has 0 radical (unpaired) electrons. The van der Waals surface area contributed by atoms with Gasteiger partial charge in [-0.25, -0.2) is 4.99 Å². The molecule has 0 saturated heterocycles. The van der Waals surface area contributed by atoms with Crippen LogP contribution in [0, 0.1) is 0 Å². The van der Waals surface area contributed by atoms with Gasteiger partial charge in [0, 0.05) is 6.21 Å². The third-order valence-corrected chi connectivity index (χ3v) is 0.726. The van der Waals surface area contributed by atoms with Gasteiger partial charge in [-0.2, -0.15) is 0 Å². The van der Waals surface area contributed by atoms with Gasteiger partial charge in [-0.1, -0.05) is 0 Å². The zero-order valence-electron chi connectivity index (χ0n) is 4.59. The number of aliphatic hydroxyl groups is 1. The van der Waals surface area contributed by atoms with Gasteiger partial charge in [0.05, 0.1) is 0 Å². The Morgan fingerprint density at radius 3 is 3.00 bits per heavy atom. The average Bonchev–Trinajstić information content (AvgIpc) is 1.68. The van der Waals surface area contributed by atoms with E-state index in [-0.39, 0.29) is 6.73 Å². The van der Waals surface area contributed by atoms with Crippen LogP contribution in [0.3, 0.4) is 0 Å². The summed E-state index contributed by atoms with van der Waals surface area (Å²) in [5, 5.41) is 10.9. The average molecular weight is 132 g/mol. The number of thiocarbonyl (C=S) groups is 1. The zero-order chi connectivity index (χ0) is 6.41. The van der Waals surface area contributed by atoms with Gasteiger partial charge in [-0.05, 0) is 19.1 Å². The SMILES string of the molecule is CC=NC(=S)NCO. The van der Waals surface area contributed by atoms with Gasteiger partial charge in [-0.15, -0.1) is 0 Å². The first-order chi connectivity index (χ1) is 3.81. The van der Waals surface area contributed by atoms with Gasteiger partial charge in [0.2, 0.25) is 0 Å². The Labute approximate surface area is 53.4 Å². The molecule has 0 heterocycles. The van der Waals surface area contributed by atoms with E-state index in [1.54, 1.807) is 13.1 Å². The molecule has 0 atom stereocenters. The second-order valence-electron chi connectivity index (χ2n) is 1.03. The van der Waals surface area contributed by atoms with Crippen molar-refractivity contribution in [1.29, 1.82) is 0 Å². The molecule has 0 spiro atoms. The fraction of sp³-hybridized carbons (Fsp3) is 0.500. The van der Waals surface area contributed by atoms with Crippen LogP contribution in [0.15, 0.2) is 4.99 Å². The van der Waals surface area contributed by atoms with Crippen LogP contribution in [0.5, 0.6) is 0 Å². The molecule has 0 aromatic heterocycles. The first kappa shape index (κ1) is 7.52. The molecule has 0 fully saturated rings. The minimum absolute atomic E-state index is 0.157. The minimum Gasteiger partial charge on any atom is -0.377 e. The van der Waals surface area contributed by atoms with E-state index in [4.69, 9.17) is 5.11 Å². The molecule has 0 unspecified atom stereocenters. The second kappa shape index (κ2) is 4.67. The lowest BCUT2D eigenvalue weighted by molar-refractivity contribution is 0.287. The molecular weight excluding hydrogens is 124 g/mol. The van der Waals surface area contributed by atoms with Crippen LogP contribution in [0.1, 0.15) is 6.92 Å². The highest BCUT2D eigenvalue weighted by atomic mass is 32.1. The van der Waals surface area contributed by atoms with E-state index in [0.717, 1.165) is 0 Å². The molecule has 0 bridgehead atoms. The van der Waals surface area contributed by atoms with Crippen molar-refractivity contribution >= 4 is 23.5 Å². The first-order valence-corrected chi connectivity index (χ1v) is 2.59. The Bertz CT molecular complexity index is 102. The molecule has 0 aliphatic rings. The van der Waals surface area contributed by atoms with Crippen molar-refractivity contribution in [3.05, 3.63) is 0 Å². The Morgan fingerprint density at radius 2 is 2.62 bits per heavy atom. The van der Waals surface area contributed by atoms with E-state index in [1.165, 1.54) is 0 Å².